The molecule has 1 heterocycles. The van der Waals surface area contributed by atoms with Gasteiger partial charge in [0.25, 0.3) is 0 Å². The predicted octanol–water partition coefficient (Wildman–Crippen LogP) is 2.25. The molecule has 1 aromatic rings. The van der Waals surface area contributed by atoms with Gasteiger partial charge < -0.3 is 14.2 Å². The lowest BCUT2D eigenvalue weighted by Crippen LogP contribution is -2.22. The van der Waals surface area contributed by atoms with Crippen LogP contribution in [0.4, 0.5) is 0 Å². The fraction of sp³-hybridized carbons (Fsp3) is 0.867. The van der Waals surface area contributed by atoms with E-state index in [9.17, 15) is 0 Å². The topological polar surface area (TPSA) is 58.4 Å². The van der Waals surface area contributed by atoms with Crippen molar-refractivity contribution in [2.75, 3.05) is 33.0 Å². The Labute approximate surface area is 127 Å². The summed E-state index contributed by atoms with van der Waals surface area (Å²) in [5.74, 6) is 0.406. The number of ether oxygens (including phenoxy) is 3. The third kappa shape index (κ3) is 8.80. The Morgan fingerprint density at radius 1 is 1.05 bits per heavy atom. The highest BCUT2D eigenvalue weighted by Crippen LogP contribution is 2.08. The molecule has 0 N–H and O–H groups in total. The summed E-state index contributed by atoms with van der Waals surface area (Å²) < 4.78 is 18.3. The molecular formula is C15H29N3O3. The van der Waals surface area contributed by atoms with Gasteiger partial charge in [-0.05, 0) is 26.7 Å². The van der Waals surface area contributed by atoms with E-state index in [-0.39, 0.29) is 5.60 Å². The summed E-state index contributed by atoms with van der Waals surface area (Å²) in [7, 11) is 0. The van der Waals surface area contributed by atoms with Crippen LogP contribution in [0, 0.1) is 0 Å². The third-order valence-corrected chi connectivity index (χ3v) is 2.75. The van der Waals surface area contributed by atoms with Crippen LogP contribution >= 0.6 is 0 Å². The fourth-order valence-electron chi connectivity index (χ4n) is 1.57. The van der Waals surface area contributed by atoms with Gasteiger partial charge in [-0.25, -0.2) is 4.68 Å². The van der Waals surface area contributed by atoms with Gasteiger partial charge in [0.15, 0.2) is 0 Å². The molecule has 0 aliphatic rings. The minimum absolute atomic E-state index is 0.105. The molecule has 0 saturated carbocycles. The van der Waals surface area contributed by atoms with Gasteiger partial charge >= 0.3 is 0 Å². The van der Waals surface area contributed by atoms with Crippen LogP contribution < -0.4 is 0 Å². The van der Waals surface area contributed by atoms with E-state index in [0.29, 0.717) is 45.5 Å². The van der Waals surface area contributed by atoms with Crippen molar-refractivity contribution >= 4 is 0 Å². The maximum Gasteiger partial charge on any atom is 0.0852 e. The average molecular weight is 299 g/mol. The molecule has 6 nitrogen and oxygen atoms in total. The van der Waals surface area contributed by atoms with Gasteiger partial charge in [0, 0.05) is 6.20 Å². The summed E-state index contributed by atoms with van der Waals surface area (Å²) in [6.07, 6.45) is 1.97. The average Bonchev–Trinajstić information content (AvgIpc) is 2.84. The minimum Gasteiger partial charge on any atom is -0.377 e. The summed E-state index contributed by atoms with van der Waals surface area (Å²) in [5, 5.41) is 8.16. The van der Waals surface area contributed by atoms with Gasteiger partial charge in [-0.1, -0.05) is 19.1 Å². The number of aromatic nitrogens is 3. The van der Waals surface area contributed by atoms with E-state index in [1.54, 1.807) is 0 Å². The van der Waals surface area contributed by atoms with Crippen LogP contribution in [0.3, 0.4) is 0 Å². The normalized spacial score (nSPS) is 12.3. The maximum atomic E-state index is 5.55. The van der Waals surface area contributed by atoms with E-state index in [4.69, 9.17) is 14.2 Å². The second-order valence-corrected chi connectivity index (χ2v) is 6.25. The van der Waals surface area contributed by atoms with Crippen LogP contribution in [0.25, 0.3) is 0 Å². The molecule has 1 rings (SSSR count). The van der Waals surface area contributed by atoms with Crippen molar-refractivity contribution in [2.45, 2.75) is 52.7 Å². The molecule has 0 spiro atoms. The molecule has 0 fully saturated rings. The summed E-state index contributed by atoms with van der Waals surface area (Å²) in [6, 6.07) is 0. The zero-order valence-corrected chi connectivity index (χ0v) is 14.0. The molecule has 1 aromatic heterocycles. The smallest absolute Gasteiger partial charge is 0.0852 e. The maximum absolute atomic E-state index is 5.55. The Kier molecular flexibility index (Phi) is 7.85. The first-order chi connectivity index (χ1) is 9.88. The first-order valence-electron chi connectivity index (χ1n) is 7.58. The quantitative estimate of drug-likeness (QED) is 0.620. The van der Waals surface area contributed by atoms with Crippen molar-refractivity contribution in [3.63, 3.8) is 0 Å². The number of nitrogens with zero attached hydrogens (tertiary/aromatic N) is 3. The molecule has 0 amide bonds. The molecule has 0 saturated heterocycles. The Morgan fingerprint density at radius 3 is 2.24 bits per heavy atom. The van der Waals surface area contributed by atoms with Crippen LogP contribution in [0.15, 0.2) is 6.20 Å². The molecule has 0 unspecified atom stereocenters. The van der Waals surface area contributed by atoms with Crippen LogP contribution in [-0.4, -0.2) is 53.6 Å². The van der Waals surface area contributed by atoms with E-state index in [0.717, 1.165) is 5.69 Å². The zero-order valence-electron chi connectivity index (χ0n) is 14.0. The Morgan fingerprint density at radius 2 is 1.67 bits per heavy atom. The van der Waals surface area contributed by atoms with Crippen molar-refractivity contribution in [2.24, 2.45) is 0 Å². The van der Waals surface area contributed by atoms with Crippen molar-refractivity contribution in [3.05, 3.63) is 11.9 Å². The molecule has 122 valence electrons. The highest BCUT2D eigenvalue weighted by atomic mass is 16.5. The van der Waals surface area contributed by atoms with Gasteiger partial charge in [0.05, 0.1) is 50.9 Å². The highest BCUT2D eigenvalue weighted by molar-refractivity contribution is 4.97. The van der Waals surface area contributed by atoms with Crippen LogP contribution in [0.1, 0.15) is 46.2 Å². The lowest BCUT2D eigenvalue weighted by molar-refractivity contribution is -0.0427. The van der Waals surface area contributed by atoms with E-state index in [1.165, 1.54) is 0 Å². The second-order valence-electron chi connectivity index (χ2n) is 6.25. The summed E-state index contributed by atoms with van der Waals surface area (Å²) in [4.78, 5) is 0. The molecule has 6 heteroatoms. The Hall–Kier alpha value is -0.980. The van der Waals surface area contributed by atoms with Crippen molar-refractivity contribution in [1.82, 2.24) is 15.0 Å². The number of hydrogen-bond acceptors (Lipinski definition) is 5. The van der Waals surface area contributed by atoms with Crippen LogP contribution in [-0.2, 0) is 20.8 Å². The number of hydrogen-bond donors (Lipinski definition) is 0. The van der Waals surface area contributed by atoms with Crippen molar-refractivity contribution in [1.29, 1.82) is 0 Å². The lowest BCUT2D eigenvalue weighted by atomic mass is 10.2. The standard InChI is InChI=1S/C15H29N3O3/c1-13(2)14-12-18(17-16-14)6-7-19-8-9-20-10-11-21-15(3,4)5/h12-13H,6-11H2,1-5H3. The number of rotatable bonds is 10. The van der Waals surface area contributed by atoms with E-state index >= 15 is 0 Å². The van der Waals surface area contributed by atoms with E-state index in [2.05, 4.69) is 24.2 Å². The molecule has 0 radical (unpaired) electrons. The van der Waals surface area contributed by atoms with Crippen LogP contribution in [0.5, 0.6) is 0 Å². The largest absolute Gasteiger partial charge is 0.377 e. The SMILES string of the molecule is CC(C)c1cn(CCOCCOCCOC(C)(C)C)nn1. The first kappa shape index (κ1) is 18.1. The second kappa shape index (κ2) is 9.12. The van der Waals surface area contributed by atoms with Gasteiger partial charge in [0.2, 0.25) is 0 Å². The first-order valence-corrected chi connectivity index (χ1v) is 7.58. The van der Waals surface area contributed by atoms with E-state index in [1.807, 2.05) is 31.6 Å². The van der Waals surface area contributed by atoms with Crippen molar-refractivity contribution in [3.8, 4) is 0 Å². The van der Waals surface area contributed by atoms with Gasteiger partial charge in [-0.2, -0.15) is 0 Å². The summed E-state index contributed by atoms with van der Waals surface area (Å²) in [6.45, 7) is 14.0. The Bertz CT molecular complexity index is 386. The van der Waals surface area contributed by atoms with Gasteiger partial charge in [-0.15, -0.1) is 5.10 Å². The molecule has 0 atom stereocenters. The zero-order chi connectivity index (χ0) is 15.7. The molecule has 21 heavy (non-hydrogen) atoms. The lowest BCUT2D eigenvalue weighted by Gasteiger charge is -2.19. The van der Waals surface area contributed by atoms with Crippen molar-refractivity contribution < 1.29 is 14.2 Å². The van der Waals surface area contributed by atoms with Gasteiger partial charge in [0.1, 0.15) is 0 Å². The van der Waals surface area contributed by atoms with E-state index < -0.39 is 0 Å². The summed E-state index contributed by atoms with van der Waals surface area (Å²) in [5.41, 5.74) is 0.907. The highest BCUT2D eigenvalue weighted by Gasteiger charge is 2.08. The predicted molar refractivity (Wildman–Crippen MR) is 81.5 cm³/mol. The molecular weight excluding hydrogens is 270 g/mol. The molecule has 0 aliphatic heterocycles. The Balaban J connectivity index is 1.95. The van der Waals surface area contributed by atoms with Gasteiger partial charge in [-0.3, -0.25) is 0 Å². The fourth-order valence-corrected chi connectivity index (χ4v) is 1.57. The minimum atomic E-state index is -0.105. The molecule has 0 bridgehead atoms. The molecule has 0 aliphatic carbocycles. The van der Waals surface area contributed by atoms with Crippen LogP contribution in [0.2, 0.25) is 0 Å². The third-order valence-electron chi connectivity index (χ3n) is 2.75. The monoisotopic (exact) mass is 299 g/mol. The molecule has 0 aromatic carbocycles. The summed E-state index contributed by atoms with van der Waals surface area (Å²) >= 11 is 0.